The Morgan fingerprint density at radius 2 is 2.00 bits per heavy atom. The van der Waals surface area contributed by atoms with Gasteiger partial charge in [0.15, 0.2) is 0 Å². The van der Waals surface area contributed by atoms with Gasteiger partial charge >= 0.3 is 0 Å². The van der Waals surface area contributed by atoms with Gasteiger partial charge in [-0.15, -0.1) is 0 Å². The zero-order valence-corrected chi connectivity index (χ0v) is 15.7. The Morgan fingerprint density at radius 3 is 2.70 bits per heavy atom. The van der Waals surface area contributed by atoms with E-state index in [0.717, 1.165) is 0 Å². The molecule has 1 aromatic carbocycles. The summed E-state index contributed by atoms with van der Waals surface area (Å²) >= 11 is 0. The maximum absolute atomic E-state index is 12.9. The van der Waals surface area contributed by atoms with E-state index in [1.165, 1.54) is 16.7 Å². The van der Waals surface area contributed by atoms with E-state index in [9.17, 15) is 8.42 Å². The number of hydrogen-bond donors (Lipinski definition) is 0. The largest absolute Gasteiger partial charge is 0.494 e. The fourth-order valence-corrected chi connectivity index (χ4v) is 4.40. The molecule has 1 fully saturated rings. The maximum atomic E-state index is 12.9. The Bertz CT molecular complexity index is 925. The van der Waals surface area contributed by atoms with Crippen molar-refractivity contribution in [2.24, 2.45) is 0 Å². The quantitative estimate of drug-likeness (QED) is 0.745. The number of hydrogen-bond acceptors (Lipinski definition) is 7. The number of ether oxygens (including phenoxy) is 2. The maximum Gasteiger partial charge on any atom is 0.251 e. The second-order valence-electron chi connectivity index (χ2n) is 5.97. The van der Waals surface area contributed by atoms with Crippen molar-refractivity contribution in [1.29, 1.82) is 5.26 Å². The first-order chi connectivity index (χ1) is 13.0. The number of benzene rings is 1. The lowest BCUT2D eigenvalue weighted by Gasteiger charge is -2.31. The summed E-state index contributed by atoms with van der Waals surface area (Å²) in [5.41, 5.74) is 0.0870. The Kier molecular flexibility index (Phi) is 5.88. The molecule has 1 aromatic heterocycles. The highest BCUT2D eigenvalue weighted by Gasteiger charge is 2.31. The van der Waals surface area contributed by atoms with Crippen LogP contribution >= 0.6 is 0 Å². The van der Waals surface area contributed by atoms with Crippen LogP contribution in [0.1, 0.15) is 25.5 Å². The van der Waals surface area contributed by atoms with Gasteiger partial charge in [-0.25, -0.2) is 18.4 Å². The molecule has 9 heteroatoms. The van der Waals surface area contributed by atoms with Gasteiger partial charge in [-0.05, 0) is 44.0 Å². The van der Waals surface area contributed by atoms with Crippen molar-refractivity contribution in [2.45, 2.75) is 30.8 Å². The van der Waals surface area contributed by atoms with Gasteiger partial charge in [0.25, 0.3) is 5.88 Å². The van der Waals surface area contributed by atoms with E-state index in [-0.39, 0.29) is 29.1 Å². The van der Waals surface area contributed by atoms with E-state index >= 15 is 0 Å². The topological polar surface area (TPSA) is 105 Å². The molecule has 1 aliphatic heterocycles. The summed E-state index contributed by atoms with van der Waals surface area (Å²) in [5.74, 6) is 0.758. The molecule has 0 amide bonds. The predicted octanol–water partition coefficient (Wildman–Crippen LogP) is 1.98. The minimum Gasteiger partial charge on any atom is -0.494 e. The first kappa shape index (κ1) is 19.1. The first-order valence-corrected chi connectivity index (χ1v) is 10.1. The molecule has 1 atom stereocenters. The lowest BCUT2D eigenvalue weighted by Crippen LogP contribution is -2.44. The molecular formula is C18H20N4O4S. The predicted molar refractivity (Wildman–Crippen MR) is 96.8 cm³/mol. The summed E-state index contributed by atoms with van der Waals surface area (Å²) < 4.78 is 38.4. The summed E-state index contributed by atoms with van der Waals surface area (Å²) in [4.78, 5) is 8.15. The second kappa shape index (κ2) is 8.33. The van der Waals surface area contributed by atoms with Crippen LogP contribution < -0.4 is 9.47 Å². The van der Waals surface area contributed by atoms with E-state index in [2.05, 4.69) is 9.97 Å². The molecule has 0 saturated carbocycles. The average Bonchev–Trinajstić information content (AvgIpc) is 2.69. The Balaban J connectivity index is 1.74. The fraction of sp³-hybridized carbons (Fsp3) is 0.389. The lowest BCUT2D eigenvalue weighted by atomic mass is 10.1. The van der Waals surface area contributed by atoms with Crippen molar-refractivity contribution < 1.29 is 17.9 Å². The SMILES string of the molecule is CCOc1ccc(S(=O)(=O)N2CCCC(Oc3nccnc3C#N)C2)cc1. The van der Waals surface area contributed by atoms with Crippen molar-refractivity contribution in [3.05, 3.63) is 42.4 Å². The van der Waals surface area contributed by atoms with Crippen LogP contribution in [0.4, 0.5) is 0 Å². The Labute approximate surface area is 158 Å². The normalized spacial score (nSPS) is 17.9. The molecule has 1 saturated heterocycles. The van der Waals surface area contributed by atoms with E-state index in [0.29, 0.717) is 31.7 Å². The van der Waals surface area contributed by atoms with Gasteiger partial charge in [-0.1, -0.05) is 0 Å². The van der Waals surface area contributed by atoms with Gasteiger partial charge in [0.05, 0.1) is 18.0 Å². The Morgan fingerprint density at radius 1 is 1.26 bits per heavy atom. The molecule has 0 N–H and O–H groups in total. The minimum atomic E-state index is -3.64. The molecule has 2 aromatic rings. The van der Waals surface area contributed by atoms with Crippen molar-refractivity contribution in [3.8, 4) is 17.7 Å². The summed E-state index contributed by atoms with van der Waals surface area (Å²) in [6, 6.07) is 8.30. The lowest BCUT2D eigenvalue weighted by molar-refractivity contribution is 0.124. The molecule has 2 heterocycles. The molecule has 8 nitrogen and oxygen atoms in total. The second-order valence-corrected chi connectivity index (χ2v) is 7.91. The summed E-state index contributed by atoms with van der Waals surface area (Å²) in [6.07, 6.45) is 3.79. The fourth-order valence-electron chi connectivity index (χ4n) is 2.89. The summed E-state index contributed by atoms with van der Waals surface area (Å²) in [6.45, 7) is 3.00. The van der Waals surface area contributed by atoms with E-state index in [1.54, 1.807) is 24.3 Å². The average molecular weight is 388 g/mol. The van der Waals surface area contributed by atoms with Gasteiger partial charge in [-0.2, -0.15) is 9.57 Å². The number of piperidine rings is 1. The van der Waals surface area contributed by atoms with E-state index in [4.69, 9.17) is 14.7 Å². The van der Waals surface area contributed by atoms with Gasteiger partial charge in [-0.3, -0.25) is 0 Å². The zero-order valence-electron chi connectivity index (χ0n) is 14.9. The van der Waals surface area contributed by atoms with Crippen LogP contribution in [0.5, 0.6) is 11.6 Å². The molecule has 27 heavy (non-hydrogen) atoms. The van der Waals surface area contributed by atoms with Crippen LogP contribution in [-0.4, -0.2) is 48.5 Å². The monoisotopic (exact) mass is 388 g/mol. The molecule has 0 spiro atoms. The van der Waals surface area contributed by atoms with Crippen molar-refractivity contribution in [2.75, 3.05) is 19.7 Å². The van der Waals surface area contributed by atoms with E-state index in [1.807, 2.05) is 13.0 Å². The highest BCUT2D eigenvalue weighted by molar-refractivity contribution is 7.89. The van der Waals surface area contributed by atoms with Crippen molar-refractivity contribution in [3.63, 3.8) is 0 Å². The molecule has 1 unspecified atom stereocenters. The van der Waals surface area contributed by atoms with Gasteiger partial charge < -0.3 is 9.47 Å². The number of sulfonamides is 1. The van der Waals surface area contributed by atoms with Gasteiger partial charge in [0.2, 0.25) is 15.7 Å². The number of nitriles is 1. The van der Waals surface area contributed by atoms with Crippen LogP contribution in [-0.2, 0) is 10.0 Å². The molecule has 0 aliphatic carbocycles. The third-order valence-corrected chi connectivity index (χ3v) is 6.04. The van der Waals surface area contributed by atoms with Crippen LogP contribution in [0.15, 0.2) is 41.6 Å². The standard InChI is InChI=1S/C18H20N4O4S/c1-2-25-14-5-7-16(8-6-14)27(23,24)22-11-3-4-15(13-22)26-18-17(12-19)20-9-10-21-18/h5-10,15H,2-4,11,13H2,1H3. The number of nitrogens with zero attached hydrogens (tertiary/aromatic N) is 4. The van der Waals surface area contributed by atoms with Crippen LogP contribution in [0.25, 0.3) is 0 Å². The smallest absolute Gasteiger partial charge is 0.251 e. The first-order valence-electron chi connectivity index (χ1n) is 8.65. The summed E-state index contributed by atoms with van der Waals surface area (Å²) in [5, 5.41) is 9.09. The molecule has 1 aliphatic rings. The molecular weight excluding hydrogens is 368 g/mol. The van der Waals surface area contributed by atoms with Crippen LogP contribution in [0, 0.1) is 11.3 Å². The van der Waals surface area contributed by atoms with Crippen molar-refractivity contribution in [1.82, 2.24) is 14.3 Å². The van der Waals surface area contributed by atoms with Gasteiger partial charge in [0.1, 0.15) is 17.9 Å². The summed E-state index contributed by atoms with van der Waals surface area (Å²) in [7, 11) is -3.64. The van der Waals surface area contributed by atoms with Gasteiger partial charge in [0, 0.05) is 18.9 Å². The molecule has 3 rings (SSSR count). The highest BCUT2D eigenvalue weighted by Crippen LogP contribution is 2.25. The minimum absolute atomic E-state index is 0.0870. The molecule has 142 valence electrons. The molecule has 0 radical (unpaired) electrons. The third kappa shape index (κ3) is 4.35. The Hall–Kier alpha value is -2.70. The zero-order chi connectivity index (χ0) is 19.3. The third-order valence-electron chi connectivity index (χ3n) is 4.16. The molecule has 0 bridgehead atoms. The number of aromatic nitrogens is 2. The van der Waals surface area contributed by atoms with Crippen LogP contribution in [0.3, 0.4) is 0 Å². The number of rotatable bonds is 6. The van der Waals surface area contributed by atoms with E-state index < -0.39 is 10.0 Å². The highest BCUT2D eigenvalue weighted by atomic mass is 32.2. The van der Waals surface area contributed by atoms with Crippen LogP contribution in [0.2, 0.25) is 0 Å². The van der Waals surface area contributed by atoms with Crippen molar-refractivity contribution >= 4 is 10.0 Å².